The monoisotopic (exact) mass is 215 g/mol. The molecule has 0 aliphatic carbocycles. The molecule has 1 aromatic carbocycles. The third kappa shape index (κ3) is 2.99. The first kappa shape index (κ1) is 11.6. The molecule has 0 aromatic heterocycles. The summed E-state index contributed by atoms with van der Waals surface area (Å²) in [5, 5.41) is 0. The van der Waals surface area contributed by atoms with Gasteiger partial charge in [-0.1, -0.05) is 0 Å². The Morgan fingerprint density at radius 2 is 2.20 bits per heavy atom. The molecule has 1 aromatic rings. The van der Waals surface area contributed by atoms with Crippen molar-refractivity contribution in [3.8, 4) is 0 Å². The zero-order valence-corrected chi connectivity index (χ0v) is 8.17. The van der Waals surface area contributed by atoms with Crippen molar-refractivity contribution in [1.29, 1.82) is 0 Å². The molecule has 82 valence electrons. The van der Waals surface area contributed by atoms with Crippen molar-refractivity contribution in [2.75, 3.05) is 7.11 Å². The molecule has 0 saturated carbocycles. The van der Waals surface area contributed by atoms with E-state index in [-0.39, 0.29) is 12.0 Å². The highest BCUT2D eigenvalue weighted by Gasteiger charge is 2.16. The van der Waals surface area contributed by atoms with Crippen molar-refractivity contribution < 1.29 is 18.3 Å². The van der Waals surface area contributed by atoms with Gasteiger partial charge in [0.05, 0.1) is 7.11 Å². The van der Waals surface area contributed by atoms with Crippen LogP contribution in [0.15, 0.2) is 18.2 Å². The van der Waals surface area contributed by atoms with Crippen LogP contribution in [-0.4, -0.2) is 19.1 Å². The van der Waals surface area contributed by atoms with Crippen LogP contribution in [0.4, 0.5) is 8.78 Å². The average molecular weight is 215 g/mol. The summed E-state index contributed by atoms with van der Waals surface area (Å²) < 4.78 is 30.3. The third-order valence-corrected chi connectivity index (χ3v) is 1.95. The van der Waals surface area contributed by atoms with Crippen molar-refractivity contribution in [2.45, 2.75) is 12.5 Å². The largest absolute Gasteiger partial charge is 0.468 e. The fourth-order valence-electron chi connectivity index (χ4n) is 1.17. The van der Waals surface area contributed by atoms with Crippen LogP contribution in [0.2, 0.25) is 0 Å². The molecule has 1 atom stereocenters. The lowest BCUT2D eigenvalue weighted by Crippen LogP contribution is -2.33. The Hall–Kier alpha value is -1.49. The van der Waals surface area contributed by atoms with E-state index in [9.17, 15) is 13.6 Å². The number of esters is 1. The Balaban J connectivity index is 2.80. The molecule has 1 rings (SSSR count). The summed E-state index contributed by atoms with van der Waals surface area (Å²) in [4.78, 5) is 10.9. The summed E-state index contributed by atoms with van der Waals surface area (Å²) in [6.45, 7) is 0. The van der Waals surface area contributed by atoms with Crippen LogP contribution >= 0.6 is 0 Å². The molecular formula is C10H11F2NO2. The Labute approximate surface area is 85.8 Å². The maximum absolute atomic E-state index is 13.1. The van der Waals surface area contributed by atoms with Gasteiger partial charge in [0.2, 0.25) is 0 Å². The number of methoxy groups -OCH3 is 1. The number of nitrogens with two attached hydrogens (primary N) is 1. The van der Waals surface area contributed by atoms with Gasteiger partial charge < -0.3 is 10.5 Å². The van der Waals surface area contributed by atoms with Gasteiger partial charge in [0, 0.05) is 6.42 Å². The minimum absolute atomic E-state index is 0.0629. The first-order valence-electron chi connectivity index (χ1n) is 4.32. The predicted molar refractivity (Wildman–Crippen MR) is 50.1 cm³/mol. The molecule has 3 nitrogen and oxygen atoms in total. The molecule has 0 amide bonds. The minimum Gasteiger partial charge on any atom is -0.468 e. The second kappa shape index (κ2) is 4.84. The summed E-state index contributed by atoms with van der Waals surface area (Å²) in [7, 11) is 1.18. The van der Waals surface area contributed by atoms with Gasteiger partial charge in [-0.25, -0.2) is 8.78 Å². The molecule has 0 unspecified atom stereocenters. The first-order valence-corrected chi connectivity index (χ1v) is 4.32. The molecule has 0 bridgehead atoms. The van der Waals surface area contributed by atoms with Gasteiger partial charge in [-0.3, -0.25) is 4.79 Å². The molecule has 2 N–H and O–H groups in total. The fraction of sp³-hybridized carbons (Fsp3) is 0.300. The SMILES string of the molecule is COC(=O)[C@@H](N)Cc1cc(F)ccc1F. The van der Waals surface area contributed by atoms with Crippen LogP contribution in [0, 0.1) is 11.6 Å². The quantitative estimate of drug-likeness (QED) is 0.765. The zero-order valence-electron chi connectivity index (χ0n) is 8.17. The van der Waals surface area contributed by atoms with Crippen molar-refractivity contribution in [1.82, 2.24) is 0 Å². The van der Waals surface area contributed by atoms with Crippen LogP contribution in [0.25, 0.3) is 0 Å². The topological polar surface area (TPSA) is 52.3 Å². The van der Waals surface area contributed by atoms with Crippen molar-refractivity contribution in [3.63, 3.8) is 0 Å². The maximum Gasteiger partial charge on any atom is 0.322 e. The van der Waals surface area contributed by atoms with Crippen molar-refractivity contribution in [2.24, 2.45) is 5.73 Å². The van der Waals surface area contributed by atoms with E-state index in [1.54, 1.807) is 0 Å². The number of hydrogen-bond donors (Lipinski definition) is 1. The average Bonchev–Trinajstić information content (AvgIpc) is 2.22. The summed E-state index contributed by atoms with van der Waals surface area (Å²) in [5.74, 6) is -1.81. The van der Waals surface area contributed by atoms with Crippen LogP contribution < -0.4 is 5.73 Å². The molecule has 5 heteroatoms. The van der Waals surface area contributed by atoms with Gasteiger partial charge in [-0.15, -0.1) is 0 Å². The lowest BCUT2D eigenvalue weighted by molar-refractivity contribution is -0.142. The number of ether oxygens (including phenoxy) is 1. The van der Waals surface area contributed by atoms with Gasteiger partial charge in [0.15, 0.2) is 0 Å². The number of rotatable bonds is 3. The molecule has 15 heavy (non-hydrogen) atoms. The highest BCUT2D eigenvalue weighted by molar-refractivity contribution is 5.75. The standard InChI is InChI=1S/C10H11F2NO2/c1-15-10(14)9(13)5-6-4-7(11)2-3-8(6)12/h2-4,9H,5,13H2,1H3/t9-/m0/s1. The second-order valence-electron chi connectivity index (χ2n) is 3.07. The Morgan fingerprint density at radius 3 is 2.80 bits per heavy atom. The van der Waals surface area contributed by atoms with E-state index in [4.69, 9.17) is 5.73 Å². The fourth-order valence-corrected chi connectivity index (χ4v) is 1.17. The Bertz CT molecular complexity index is 368. The number of carbonyl (C=O) groups excluding carboxylic acids is 1. The van der Waals surface area contributed by atoms with Crippen LogP contribution in [-0.2, 0) is 16.0 Å². The number of carbonyl (C=O) groups is 1. The van der Waals surface area contributed by atoms with E-state index in [2.05, 4.69) is 4.74 Å². The van der Waals surface area contributed by atoms with E-state index in [0.29, 0.717) is 0 Å². The maximum atomic E-state index is 13.1. The van der Waals surface area contributed by atoms with E-state index < -0.39 is 23.6 Å². The molecule has 0 aliphatic heterocycles. The predicted octanol–water partition coefficient (Wildman–Crippen LogP) is 1.01. The zero-order chi connectivity index (χ0) is 11.4. The molecule has 0 heterocycles. The second-order valence-corrected chi connectivity index (χ2v) is 3.07. The molecule has 0 radical (unpaired) electrons. The van der Waals surface area contributed by atoms with Gasteiger partial charge in [-0.05, 0) is 23.8 Å². The minimum atomic E-state index is -0.980. The van der Waals surface area contributed by atoms with Crippen LogP contribution in [0.3, 0.4) is 0 Å². The van der Waals surface area contributed by atoms with Gasteiger partial charge in [-0.2, -0.15) is 0 Å². The molecule has 0 saturated heterocycles. The van der Waals surface area contributed by atoms with E-state index in [1.165, 1.54) is 7.11 Å². The van der Waals surface area contributed by atoms with Crippen LogP contribution in [0.5, 0.6) is 0 Å². The molecular weight excluding hydrogens is 204 g/mol. The normalized spacial score (nSPS) is 12.3. The van der Waals surface area contributed by atoms with Gasteiger partial charge in [0.25, 0.3) is 0 Å². The van der Waals surface area contributed by atoms with Gasteiger partial charge >= 0.3 is 5.97 Å². The van der Waals surface area contributed by atoms with E-state index in [1.807, 2.05) is 0 Å². The lowest BCUT2D eigenvalue weighted by Gasteiger charge is -2.09. The summed E-state index contributed by atoms with van der Waals surface area (Å²) >= 11 is 0. The molecule has 0 spiro atoms. The van der Waals surface area contributed by atoms with Crippen molar-refractivity contribution in [3.05, 3.63) is 35.4 Å². The number of hydrogen-bond acceptors (Lipinski definition) is 3. The number of halogens is 2. The number of benzene rings is 1. The summed E-state index contributed by atoms with van der Waals surface area (Å²) in [6.07, 6.45) is -0.0870. The third-order valence-electron chi connectivity index (χ3n) is 1.95. The summed E-state index contributed by atoms with van der Waals surface area (Å²) in [6, 6.07) is 2.03. The molecule has 0 fully saturated rings. The highest BCUT2D eigenvalue weighted by Crippen LogP contribution is 2.11. The van der Waals surface area contributed by atoms with Crippen LogP contribution in [0.1, 0.15) is 5.56 Å². The van der Waals surface area contributed by atoms with E-state index in [0.717, 1.165) is 18.2 Å². The van der Waals surface area contributed by atoms with Crippen molar-refractivity contribution >= 4 is 5.97 Å². The Kier molecular flexibility index (Phi) is 3.74. The lowest BCUT2D eigenvalue weighted by atomic mass is 10.1. The summed E-state index contributed by atoms with van der Waals surface area (Å²) in [5.41, 5.74) is 5.48. The highest BCUT2D eigenvalue weighted by atomic mass is 19.1. The smallest absolute Gasteiger partial charge is 0.322 e. The Morgan fingerprint density at radius 1 is 1.53 bits per heavy atom. The van der Waals surface area contributed by atoms with Gasteiger partial charge in [0.1, 0.15) is 17.7 Å². The van der Waals surface area contributed by atoms with E-state index >= 15 is 0 Å². The first-order chi connectivity index (χ1) is 7.04. The molecule has 0 aliphatic rings.